The number of hydrogen-bond acceptors (Lipinski definition) is 1. The normalized spacial score (nSPS) is 6.33. The molecule has 0 amide bonds. The molecule has 0 N–H and O–H groups in total. The first-order chi connectivity index (χ1) is 2.27. The number of hydrogen-bond donors (Lipinski definition) is 0. The first-order valence-electron chi connectivity index (χ1n) is 1.76. The summed E-state index contributed by atoms with van der Waals surface area (Å²) in [4.78, 5) is 9.81. The van der Waals surface area contributed by atoms with Crippen molar-refractivity contribution in [2.24, 2.45) is 0 Å². The van der Waals surface area contributed by atoms with Gasteiger partial charge in [-0.25, -0.2) is 0 Å². The van der Waals surface area contributed by atoms with Gasteiger partial charge in [0.25, 0.3) is 0 Å². The fourth-order valence-corrected chi connectivity index (χ4v) is 0. The quantitative estimate of drug-likeness (QED) is 0.578. The number of carbonyl (C=O) groups is 1. The van der Waals surface area contributed by atoms with E-state index >= 15 is 0 Å². The Morgan fingerprint density at radius 1 is 1.67 bits per heavy atom. The van der Waals surface area contributed by atoms with Crippen LogP contribution in [0.2, 0.25) is 0 Å². The van der Waals surface area contributed by atoms with Gasteiger partial charge in [0.2, 0.25) is 0 Å². The molecule has 0 atom stereocenters. The molecule has 32 valence electrons. The van der Waals surface area contributed by atoms with E-state index in [1.165, 1.54) is 0 Å². The maximum absolute atomic E-state index is 9.81. The van der Waals surface area contributed by atoms with E-state index in [0.717, 1.165) is 0 Å². The van der Waals surface area contributed by atoms with Gasteiger partial charge in [-0.05, 0) is 6.92 Å². The molecule has 0 aliphatic heterocycles. The smallest absolute Gasteiger partial charge is 0.129 e. The summed E-state index contributed by atoms with van der Waals surface area (Å²) in [6, 6.07) is 0. The minimum absolute atomic E-state index is 0. The molecule has 0 heterocycles. The Balaban J connectivity index is 0. The van der Waals surface area contributed by atoms with Crippen LogP contribution >= 0.6 is 0 Å². The second kappa shape index (κ2) is 6.24. The largest absolute Gasteiger partial charge is 0.300 e. The molecule has 2 radical (unpaired) electrons. The van der Waals surface area contributed by atoms with E-state index in [4.69, 9.17) is 0 Å². The van der Waals surface area contributed by atoms with Crippen LogP contribution in [0.4, 0.5) is 0 Å². The number of carbonyl (C=O) groups excluding carboxylic acids is 1. The summed E-state index contributed by atoms with van der Waals surface area (Å²) >= 11 is 0. The molecule has 0 unspecified atom stereocenters. The Morgan fingerprint density at radius 2 is 1.83 bits per heavy atom. The van der Waals surface area contributed by atoms with Crippen LogP contribution in [0.15, 0.2) is 0 Å². The third-order valence-corrected chi connectivity index (χ3v) is 0.498. The maximum Gasteiger partial charge on any atom is 0.129 e. The van der Waals surface area contributed by atoms with Gasteiger partial charge in [-0.15, -0.1) is 0 Å². The van der Waals surface area contributed by atoms with Crippen LogP contribution in [0.3, 0.4) is 0 Å². The average Bonchev–Trinajstić information content (AvgIpc) is 1.38. The minimum atomic E-state index is 0. The fourth-order valence-electron chi connectivity index (χ4n) is 0. The Bertz CT molecular complexity index is 42.8. The molecule has 0 fully saturated rings. The molecule has 1 nitrogen and oxygen atoms in total. The van der Waals surface area contributed by atoms with Crippen LogP contribution in [0.1, 0.15) is 20.3 Å². The summed E-state index contributed by atoms with van der Waals surface area (Å²) in [7, 11) is 0. The van der Waals surface area contributed by atoms with Crippen molar-refractivity contribution in [1.29, 1.82) is 0 Å². The van der Waals surface area contributed by atoms with Gasteiger partial charge < -0.3 is 4.79 Å². The molecule has 6 heavy (non-hydrogen) atoms. The SMILES string of the molecule is CCC(C)=O.[Ba]. The molecule has 0 aliphatic carbocycles. The molecule has 0 aliphatic rings. The van der Waals surface area contributed by atoms with Gasteiger partial charge >= 0.3 is 0 Å². The summed E-state index contributed by atoms with van der Waals surface area (Å²) in [6.07, 6.45) is 0.667. The second-order valence-electron chi connectivity index (χ2n) is 1.06. The topological polar surface area (TPSA) is 17.1 Å². The van der Waals surface area contributed by atoms with Crippen molar-refractivity contribution >= 4 is 54.7 Å². The van der Waals surface area contributed by atoms with Crippen LogP contribution in [0.25, 0.3) is 0 Å². The van der Waals surface area contributed by atoms with Crippen molar-refractivity contribution in [2.75, 3.05) is 0 Å². The van der Waals surface area contributed by atoms with Crippen LogP contribution in [0.5, 0.6) is 0 Å². The summed E-state index contributed by atoms with van der Waals surface area (Å²) in [5.74, 6) is 0.255. The van der Waals surface area contributed by atoms with E-state index in [9.17, 15) is 4.79 Å². The Hall–Kier alpha value is 1.24. The van der Waals surface area contributed by atoms with Gasteiger partial charge in [0.1, 0.15) is 5.78 Å². The number of rotatable bonds is 1. The van der Waals surface area contributed by atoms with Crippen LogP contribution in [-0.4, -0.2) is 54.7 Å². The third-order valence-electron chi connectivity index (χ3n) is 0.498. The summed E-state index contributed by atoms with van der Waals surface area (Å²) in [6.45, 7) is 3.43. The molecular formula is C4H8BaO. The summed E-state index contributed by atoms with van der Waals surface area (Å²) in [5, 5.41) is 0. The number of ketones is 1. The van der Waals surface area contributed by atoms with Crippen molar-refractivity contribution in [1.82, 2.24) is 0 Å². The minimum Gasteiger partial charge on any atom is -0.300 e. The zero-order valence-electron chi connectivity index (χ0n) is 4.32. The molecule has 0 rings (SSSR count). The monoisotopic (exact) mass is 210 g/mol. The van der Waals surface area contributed by atoms with E-state index in [1.807, 2.05) is 6.92 Å². The standard InChI is InChI=1S/C4H8O.Ba/c1-3-4(2)5;/h3H2,1-2H3;. The predicted molar refractivity (Wildman–Crippen MR) is 26.7 cm³/mol. The summed E-state index contributed by atoms with van der Waals surface area (Å²) in [5.41, 5.74) is 0. The second-order valence-corrected chi connectivity index (χ2v) is 1.06. The molecule has 0 aromatic rings. The molecule has 0 saturated carbocycles. The van der Waals surface area contributed by atoms with Gasteiger partial charge in [0.05, 0.1) is 0 Å². The van der Waals surface area contributed by atoms with Crippen molar-refractivity contribution < 1.29 is 4.79 Å². The Morgan fingerprint density at radius 3 is 1.83 bits per heavy atom. The molecule has 2 heteroatoms. The van der Waals surface area contributed by atoms with E-state index < -0.39 is 0 Å². The molecule has 0 spiro atoms. The maximum atomic E-state index is 9.81. The van der Waals surface area contributed by atoms with E-state index in [1.54, 1.807) is 6.92 Å². The molecule has 0 bridgehead atoms. The van der Waals surface area contributed by atoms with Crippen molar-refractivity contribution in [3.8, 4) is 0 Å². The van der Waals surface area contributed by atoms with Gasteiger partial charge in [-0.2, -0.15) is 0 Å². The van der Waals surface area contributed by atoms with Gasteiger partial charge in [0.15, 0.2) is 0 Å². The average molecular weight is 209 g/mol. The molecular weight excluding hydrogens is 201 g/mol. The van der Waals surface area contributed by atoms with E-state index in [2.05, 4.69) is 0 Å². The van der Waals surface area contributed by atoms with Gasteiger partial charge in [-0.3, -0.25) is 0 Å². The zero-order valence-corrected chi connectivity index (χ0v) is 8.76. The van der Waals surface area contributed by atoms with Crippen molar-refractivity contribution in [2.45, 2.75) is 20.3 Å². The predicted octanol–water partition coefficient (Wildman–Crippen LogP) is 0.605. The summed E-state index contributed by atoms with van der Waals surface area (Å²) < 4.78 is 0. The molecule has 0 saturated heterocycles. The van der Waals surface area contributed by atoms with Gasteiger partial charge in [0, 0.05) is 55.3 Å². The van der Waals surface area contributed by atoms with Crippen molar-refractivity contribution in [3.63, 3.8) is 0 Å². The van der Waals surface area contributed by atoms with Crippen LogP contribution in [0, 0.1) is 0 Å². The Kier molecular flexibility index (Phi) is 10.7. The molecule has 0 aromatic heterocycles. The first-order valence-corrected chi connectivity index (χ1v) is 1.76. The third kappa shape index (κ3) is 8.97. The Labute approximate surface area is 78.6 Å². The molecule has 0 aromatic carbocycles. The van der Waals surface area contributed by atoms with Crippen LogP contribution in [-0.2, 0) is 4.79 Å². The fraction of sp³-hybridized carbons (Fsp3) is 0.750. The van der Waals surface area contributed by atoms with E-state index in [0.29, 0.717) is 6.42 Å². The van der Waals surface area contributed by atoms with Crippen LogP contribution < -0.4 is 0 Å². The first kappa shape index (κ1) is 10.3. The van der Waals surface area contributed by atoms with Crippen molar-refractivity contribution in [3.05, 3.63) is 0 Å². The zero-order chi connectivity index (χ0) is 4.28. The van der Waals surface area contributed by atoms with E-state index in [-0.39, 0.29) is 54.7 Å². The number of Topliss-reactive ketones (excluding diaryl/α,β-unsaturated/α-hetero) is 1. The van der Waals surface area contributed by atoms with Gasteiger partial charge in [-0.1, -0.05) is 6.92 Å².